The monoisotopic (exact) mass is 222 g/mol. The lowest BCUT2D eigenvalue weighted by molar-refractivity contribution is 0.192. The number of rotatable bonds is 6. The van der Waals surface area contributed by atoms with Crippen LogP contribution in [0.4, 0.5) is 0 Å². The lowest BCUT2D eigenvalue weighted by Crippen LogP contribution is -2.18. The average molecular weight is 222 g/mol. The molecule has 0 saturated carbocycles. The van der Waals surface area contributed by atoms with Crippen LogP contribution in [0.15, 0.2) is 18.3 Å². The van der Waals surface area contributed by atoms with Crippen molar-refractivity contribution < 1.29 is 4.74 Å². The Morgan fingerprint density at radius 3 is 2.44 bits per heavy atom. The summed E-state index contributed by atoms with van der Waals surface area (Å²) in [7, 11) is 0. The number of nitrogens with zero attached hydrogens (tertiary/aromatic N) is 1. The van der Waals surface area contributed by atoms with Crippen LogP contribution in [-0.4, -0.2) is 17.1 Å². The van der Waals surface area contributed by atoms with E-state index in [4.69, 9.17) is 10.5 Å². The van der Waals surface area contributed by atoms with E-state index in [-0.39, 0.29) is 6.04 Å². The van der Waals surface area contributed by atoms with Gasteiger partial charge in [0.05, 0.1) is 12.3 Å². The van der Waals surface area contributed by atoms with Gasteiger partial charge in [-0.1, -0.05) is 13.8 Å². The third-order valence-electron chi connectivity index (χ3n) is 2.54. The summed E-state index contributed by atoms with van der Waals surface area (Å²) >= 11 is 0. The van der Waals surface area contributed by atoms with Crippen molar-refractivity contribution in [2.24, 2.45) is 5.73 Å². The Morgan fingerprint density at radius 2 is 2.00 bits per heavy atom. The van der Waals surface area contributed by atoms with Crippen LogP contribution in [0.2, 0.25) is 0 Å². The molecule has 0 aromatic carbocycles. The molecule has 1 heterocycles. The van der Waals surface area contributed by atoms with Crippen LogP contribution in [0.3, 0.4) is 0 Å². The predicted molar refractivity (Wildman–Crippen MR) is 66.6 cm³/mol. The molecule has 3 heteroatoms. The van der Waals surface area contributed by atoms with Crippen molar-refractivity contribution in [2.75, 3.05) is 0 Å². The molecule has 1 atom stereocenters. The summed E-state index contributed by atoms with van der Waals surface area (Å²) in [5.41, 5.74) is 6.74. The fourth-order valence-corrected chi connectivity index (χ4v) is 1.58. The van der Waals surface area contributed by atoms with Gasteiger partial charge in [-0.25, -0.2) is 0 Å². The molecule has 1 rings (SSSR count). The Bertz CT molecular complexity index is 291. The highest BCUT2D eigenvalue weighted by Crippen LogP contribution is 2.14. The zero-order valence-electron chi connectivity index (χ0n) is 10.4. The van der Waals surface area contributed by atoms with Crippen LogP contribution in [0.1, 0.15) is 39.3 Å². The van der Waals surface area contributed by atoms with Crippen molar-refractivity contribution in [3.63, 3.8) is 0 Å². The average Bonchev–Trinajstić information content (AvgIpc) is 2.27. The molecule has 0 aliphatic heterocycles. The highest BCUT2D eigenvalue weighted by molar-refractivity contribution is 5.20. The molecule has 1 aromatic heterocycles. The molecule has 0 spiro atoms. The molecular formula is C13H22N2O. The normalized spacial score (nSPS) is 12.8. The molecular weight excluding hydrogens is 200 g/mol. The molecule has 0 aliphatic carbocycles. The van der Waals surface area contributed by atoms with E-state index in [0.29, 0.717) is 6.10 Å². The second-order valence-corrected chi connectivity index (χ2v) is 4.22. The van der Waals surface area contributed by atoms with Gasteiger partial charge in [0.25, 0.3) is 0 Å². The van der Waals surface area contributed by atoms with E-state index in [1.807, 2.05) is 19.1 Å². The largest absolute Gasteiger partial charge is 0.489 e. The predicted octanol–water partition coefficient (Wildman–Crippen LogP) is 2.54. The molecule has 0 amide bonds. The van der Waals surface area contributed by atoms with Gasteiger partial charge in [0.2, 0.25) is 0 Å². The fourth-order valence-electron chi connectivity index (χ4n) is 1.58. The zero-order valence-corrected chi connectivity index (χ0v) is 10.4. The highest BCUT2D eigenvalue weighted by Gasteiger charge is 2.05. The van der Waals surface area contributed by atoms with E-state index in [0.717, 1.165) is 30.7 Å². The molecule has 1 aromatic rings. The van der Waals surface area contributed by atoms with Crippen molar-refractivity contribution in [3.8, 4) is 5.75 Å². The summed E-state index contributed by atoms with van der Waals surface area (Å²) in [4.78, 5) is 4.34. The standard InChI is InChI=1S/C13H22N2O/c1-4-12(5-2)16-13-7-6-11(15-9-13)8-10(3)14/h6-7,9-10,12H,4-5,8,14H2,1-3H3. The van der Waals surface area contributed by atoms with Gasteiger partial charge >= 0.3 is 0 Å². The van der Waals surface area contributed by atoms with Crippen LogP contribution >= 0.6 is 0 Å². The van der Waals surface area contributed by atoms with Crippen molar-refractivity contribution in [1.29, 1.82) is 0 Å². The summed E-state index contributed by atoms with van der Waals surface area (Å²) in [5, 5.41) is 0. The quantitative estimate of drug-likeness (QED) is 0.804. The number of nitrogens with two attached hydrogens (primary N) is 1. The van der Waals surface area contributed by atoms with Crippen molar-refractivity contribution in [1.82, 2.24) is 4.98 Å². The molecule has 0 saturated heterocycles. The van der Waals surface area contributed by atoms with Gasteiger partial charge < -0.3 is 10.5 Å². The van der Waals surface area contributed by atoms with Gasteiger partial charge in [0.1, 0.15) is 5.75 Å². The third-order valence-corrected chi connectivity index (χ3v) is 2.54. The van der Waals surface area contributed by atoms with Crippen LogP contribution in [0.25, 0.3) is 0 Å². The molecule has 3 nitrogen and oxygen atoms in total. The van der Waals surface area contributed by atoms with Gasteiger partial charge in [0.15, 0.2) is 0 Å². The van der Waals surface area contributed by atoms with Crippen molar-refractivity contribution in [2.45, 2.75) is 52.2 Å². The molecule has 0 fully saturated rings. The van der Waals surface area contributed by atoms with Gasteiger partial charge in [-0.15, -0.1) is 0 Å². The highest BCUT2D eigenvalue weighted by atomic mass is 16.5. The molecule has 90 valence electrons. The second kappa shape index (κ2) is 6.48. The molecule has 0 bridgehead atoms. The maximum atomic E-state index is 5.78. The maximum absolute atomic E-state index is 5.78. The number of aromatic nitrogens is 1. The first-order chi connectivity index (χ1) is 7.65. The molecule has 16 heavy (non-hydrogen) atoms. The Labute approximate surface area is 98.0 Å². The van der Waals surface area contributed by atoms with E-state index >= 15 is 0 Å². The fraction of sp³-hybridized carbons (Fsp3) is 0.615. The second-order valence-electron chi connectivity index (χ2n) is 4.22. The first-order valence-electron chi connectivity index (χ1n) is 6.02. The molecule has 0 aliphatic rings. The minimum Gasteiger partial charge on any atom is -0.489 e. The number of pyridine rings is 1. The zero-order chi connectivity index (χ0) is 12.0. The minimum absolute atomic E-state index is 0.151. The molecule has 0 radical (unpaired) electrons. The Morgan fingerprint density at radius 1 is 1.31 bits per heavy atom. The van der Waals surface area contributed by atoms with Crippen LogP contribution < -0.4 is 10.5 Å². The van der Waals surface area contributed by atoms with Gasteiger partial charge in [-0.05, 0) is 31.9 Å². The van der Waals surface area contributed by atoms with Gasteiger partial charge in [0, 0.05) is 18.2 Å². The van der Waals surface area contributed by atoms with E-state index in [2.05, 4.69) is 18.8 Å². The van der Waals surface area contributed by atoms with Crippen molar-refractivity contribution >= 4 is 0 Å². The smallest absolute Gasteiger partial charge is 0.138 e. The van der Waals surface area contributed by atoms with E-state index in [9.17, 15) is 0 Å². The lowest BCUT2D eigenvalue weighted by atomic mass is 10.2. The van der Waals surface area contributed by atoms with Gasteiger partial charge in [-0.3, -0.25) is 4.98 Å². The maximum Gasteiger partial charge on any atom is 0.138 e. The van der Waals surface area contributed by atoms with Crippen molar-refractivity contribution in [3.05, 3.63) is 24.0 Å². The number of ether oxygens (including phenoxy) is 1. The van der Waals surface area contributed by atoms with Crippen LogP contribution in [0.5, 0.6) is 5.75 Å². The first kappa shape index (κ1) is 13.0. The van der Waals surface area contributed by atoms with E-state index < -0.39 is 0 Å². The lowest BCUT2D eigenvalue weighted by Gasteiger charge is -2.15. The topological polar surface area (TPSA) is 48.1 Å². The van der Waals surface area contributed by atoms with Crippen LogP contribution in [-0.2, 0) is 6.42 Å². The Balaban J connectivity index is 2.57. The van der Waals surface area contributed by atoms with E-state index in [1.54, 1.807) is 6.20 Å². The number of hydrogen-bond acceptors (Lipinski definition) is 3. The number of hydrogen-bond donors (Lipinski definition) is 1. The third kappa shape index (κ3) is 4.19. The first-order valence-corrected chi connectivity index (χ1v) is 6.02. The minimum atomic E-state index is 0.151. The molecule has 2 N–H and O–H groups in total. The van der Waals surface area contributed by atoms with E-state index in [1.165, 1.54) is 0 Å². The SMILES string of the molecule is CCC(CC)Oc1ccc(CC(C)N)nc1. The Hall–Kier alpha value is -1.09. The summed E-state index contributed by atoms with van der Waals surface area (Å²) < 4.78 is 5.78. The summed E-state index contributed by atoms with van der Waals surface area (Å²) in [5.74, 6) is 0.849. The summed E-state index contributed by atoms with van der Waals surface area (Å²) in [6, 6.07) is 4.11. The van der Waals surface area contributed by atoms with Gasteiger partial charge in [-0.2, -0.15) is 0 Å². The Kier molecular flexibility index (Phi) is 5.26. The molecule has 1 unspecified atom stereocenters. The summed E-state index contributed by atoms with van der Waals surface area (Å²) in [6.07, 6.45) is 4.94. The van der Waals surface area contributed by atoms with Crippen LogP contribution in [0, 0.1) is 0 Å². The summed E-state index contributed by atoms with van der Waals surface area (Å²) in [6.45, 7) is 6.24.